The third kappa shape index (κ3) is 1.30. The molecular formula is C13H20O2. The van der Waals surface area contributed by atoms with Crippen LogP contribution in [0.15, 0.2) is 0 Å². The van der Waals surface area contributed by atoms with Gasteiger partial charge in [-0.3, -0.25) is 4.79 Å². The highest BCUT2D eigenvalue weighted by Gasteiger charge is 2.55. The van der Waals surface area contributed by atoms with Crippen LogP contribution in [-0.4, -0.2) is 16.5 Å². The van der Waals surface area contributed by atoms with Crippen molar-refractivity contribution in [1.29, 1.82) is 0 Å². The summed E-state index contributed by atoms with van der Waals surface area (Å²) in [5.74, 6) is 1.11. The summed E-state index contributed by atoms with van der Waals surface area (Å²) in [6, 6.07) is 0. The van der Waals surface area contributed by atoms with Gasteiger partial charge in [0.25, 0.3) is 0 Å². The maximum absolute atomic E-state index is 12.1. The SMILES string of the molecule is O=C1C2CCCC1C1(O)CCCCC1C2. The van der Waals surface area contributed by atoms with Gasteiger partial charge >= 0.3 is 0 Å². The fourth-order valence-electron chi connectivity index (χ4n) is 4.24. The van der Waals surface area contributed by atoms with Gasteiger partial charge in [0.05, 0.1) is 5.60 Å². The van der Waals surface area contributed by atoms with Gasteiger partial charge in [-0.15, -0.1) is 0 Å². The molecule has 2 bridgehead atoms. The molecule has 3 rings (SSSR count). The van der Waals surface area contributed by atoms with Crippen LogP contribution in [-0.2, 0) is 4.79 Å². The van der Waals surface area contributed by atoms with Gasteiger partial charge in [0.15, 0.2) is 0 Å². The topological polar surface area (TPSA) is 37.3 Å². The van der Waals surface area contributed by atoms with Crippen LogP contribution in [0.5, 0.6) is 0 Å². The van der Waals surface area contributed by atoms with Gasteiger partial charge in [0.2, 0.25) is 0 Å². The van der Waals surface area contributed by atoms with Crippen molar-refractivity contribution in [3.8, 4) is 0 Å². The van der Waals surface area contributed by atoms with E-state index >= 15 is 0 Å². The quantitative estimate of drug-likeness (QED) is 0.663. The standard InChI is InChI=1S/C13H20O2/c14-12-9-4-3-6-11(12)13(15)7-2-1-5-10(13)8-9/h9-11,15H,1-8H2. The van der Waals surface area contributed by atoms with Crippen LogP contribution in [0, 0.1) is 17.8 Å². The van der Waals surface area contributed by atoms with Gasteiger partial charge in [0.1, 0.15) is 5.78 Å². The number of carbonyl (C=O) groups is 1. The van der Waals surface area contributed by atoms with Crippen LogP contribution < -0.4 is 0 Å². The predicted molar refractivity (Wildman–Crippen MR) is 57.4 cm³/mol. The van der Waals surface area contributed by atoms with Crippen LogP contribution in [0.2, 0.25) is 0 Å². The minimum atomic E-state index is -0.605. The van der Waals surface area contributed by atoms with Gasteiger partial charge in [-0.1, -0.05) is 19.3 Å². The van der Waals surface area contributed by atoms with E-state index in [1.807, 2.05) is 0 Å². The Balaban J connectivity index is 1.94. The van der Waals surface area contributed by atoms with Crippen molar-refractivity contribution in [2.24, 2.45) is 17.8 Å². The van der Waals surface area contributed by atoms with Gasteiger partial charge < -0.3 is 5.11 Å². The highest BCUT2D eigenvalue weighted by atomic mass is 16.3. The van der Waals surface area contributed by atoms with Crippen molar-refractivity contribution in [3.63, 3.8) is 0 Å². The first-order chi connectivity index (χ1) is 7.22. The zero-order valence-corrected chi connectivity index (χ0v) is 9.24. The van der Waals surface area contributed by atoms with Crippen LogP contribution in [0.4, 0.5) is 0 Å². The highest BCUT2D eigenvalue weighted by molar-refractivity contribution is 5.86. The van der Waals surface area contributed by atoms with Crippen LogP contribution in [0.1, 0.15) is 51.4 Å². The molecule has 84 valence electrons. The van der Waals surface area contributed by atoms with E-state index in [0.717, 1.165) is 44.9 Å². The second-order valence-electron chi connectivity index (χ2n) is 5.75. The molecule has 0 aliphatic heterocycles. The van der Waals surface area contributed by atoms with E-state index < -0.39 is 5.60 Å². The minimum Gasteiger partial charge on any atom is -0.389 e. The molecule has 4 atom stereocenters. The Hall–Kier alpha value is -0.370. The maximum atomic E-state index is 12.1. The molecule has 2 nitrogen and oxygen atoms in total. The van der Waals surface area contributed by atoms with Gasteiger partial charge in [0, 0.05) is 11.8 Å². The van der Waals surface area contributed by atoms with E-state index in [2.05, 4.69) is 0 Å². The van der Waals surface area contributed by atoms with E-state index in [1.165, 1.54) is 6.42 Å². The lowest BCUT2D eigenvalue weighted by atomic mass is 9.55. The van der Waals surface area contributed by atoms with Crippen LogP contribution in [0.25, 0.3) is 0 Å². The summed E-state index contributed by atoms with van der Waals surface area (Å²) < 4.78 is 0. The number of carbonyl (C=O) groups excluding carboxylic acids is 1. The Labute approximate surface area is 91.1 Å². The van der Waals surface area contributed by atoms with Gasteiger partial charge in [-0.05, 0) is 38.0 Å². The van der Waals surface area contributed by atoms with Crippen molar-refractivity contribution in [2.45, 2.75) is 57.0 Å². The summed E-state index contributed by atoms with van der Waals surface area (Å²) in [6.07, 6.45) is 8.55. The average molecular weight is 208 g/mol. The zero-order valence-electron chi connectivity index (χ0n) is 9.24. The van der Waals surface area contributed by atoms with E-state index in [4.69, 9.17) is 0 Å². The first kappa shape index (κ1) is 9.83. The molecule has 0 heterocycles. The lowest BCUT2D eigenvalue weighted by molar-refractivity contribution is -0.167. The maximum Gasteiger partial charge on any atom is 0.141 e. The van der Waals surface area contributed by atoms with E-state index in [1.54, 1.807) is 0 Å². The average Bonchev–Trinajstić information content (AvgIpc) is 2.21. The van der Waals surface area contributed by atoms with Crippen molar-refractivity contribution < 1.29 is 9.90 Å². The molecule has 4 unspecified atom stereocenters. The normalized spacial score (nSPS) is 49.9. The predicted octanol–water partition coefficient (Wildman–Crippen LogP) is 2.30. The van der Waals surface area contributed by atoms with Crippen molar-refractivity contribution in [1.82, 2.24) is 0 Å². The molecule has 3 saturated carbocycles. The summed E-state index contributed by atoms with van der Waals surface area (Å²) >= 11 is 0. The van der Waals surface area contributed by atoms with E-state index in [9.17, 15) is 9.90 Å². The number of rotatable bonds is 0. The number of hydrogen-bond acceptors (Lipinski definition) is 2. The van der Waals surface area contributed by atoms with Crippen molar-refractivity contribution in [2.75, 3.05) is 0 Å². The minimum absolute atomic E-state index is 0.00435. The molecule has 0 aromatic heterocycles. The molecule has 1 N–H and O–H groups in total. The molecule has 0 spiro atoms. The monoisotopic (exact) mass is 208 g/mol. The molecule has 0 saturated heterocycles. The zero-order chi connectivity index (χ0) is 10.5. The Morgan fingerprint density at radius 1 is 1.13 bits per heavy atom. The van der Waals surface area contributed by atoms with Crippen molar-refractivity contribution in [3.05, 3.63) is 0 Å². The highest BCUT2D eigenvalue weighted by Crippen LogP contribution is 2.52. The van der Waals surface area contributed by atoms with Gasteiger partial charge in [-0.2, -0.15) is 0 Å². The van der Waals surface area contributed by atoms with Crippen molar-refractivity contribution >= 4 is 5.78 Å². The van der Waals surface area contributed by atoms with Gasteiger partial charge in [-0.25, -0.2) is 0 Å². The second kappa shape index (κ2) is 3.31. The first-order valence-corrected chi connectivity index (χ1v) is 6.48. The summed E-state index contributed by atoms with van der Waals surface area (Å²) in [6.45, 7) is 0. The Kier molecular flexibility index (Phi) is 2.17. The number of Topliss-reactive ketones (excluding diaryl/α,β-unsaturated/α-hetero) is 1. The third-order valence-electron chi connectivity index (χ3n) is 5.05. The number of ketones is 1. The molecule has 0 aromatic carbocycles. The number of fused-ring (bicyclic) bond motifs is 4. The van der Waals surface area contributed by atoms with E-state index in [0.29, 0.717) is 17.6 Å². The summed E-state index contributed by atoms with van der Waals surface area (Å²) in [5, 5.41) is 10.8. The van der Waals surface area contributed by atoms with Crippen LogP contribution in [0.3, 0.4) is 0 Å². The molecule has 3 aliphatic carbocycles. The van der Waals surface area contributed by atoms with E-state index in [-0.39, 0.29) is 5.92 Å². The molecular weight excluding hydrogens is 188 g/mol. The lowest BCUT2D eigenvalue weighted by Gasteiger charge is -2.52. The fourth-order valence-corrected chi connectivity index (χ4v) is 4.24. The molecule has 0 aromatic rings. The van der Waals surface area contributed by atoms with Crippen LogP contribution >= 0.6 is 0 Å². The molecule has 15 heavy (non-hydrogen) atoms. The Morgan fingerprint density at radius 2 is 2.00 bits per heavy atom. The number of hydrogen-bond donors (Lipinski definition) is 1. The fraction of sp³-hybridized carbons (Fsp3) is 0.923. The molecule has 2 heteroatoms. The smallest absolute Gasteiger partial charge is 0.141 e. The Bertz CT molecular complexity index is 286. The summed E-state index contributed by atoms with van der Waals surface area (Å²) in [4.78, 5) is 12.1. The Morgan fingerprint density at radius 3 is 2.87 bits per heavy atom. The third-order valence-corrected chi connectivity index (χ3v) is 5.05. The second-order valence-corrected chi connectivity index (χ2v) is 5.75. The molecule has 0 radical (unpaired) electrons. The summed E-state index contributed by atoms with van der Waals surface area (Å²) in [5.41, 5.74) is -0.605. The largest absolute Gasteiger partial charge is 0.389 e. The molecule has 3 fully saturated rings. The molecule has 0 amide bonds. The molecule has 3 aliphatic rings. The lowest BCUT2D eigenvalue weighted by Crippen LogP contribution is -2.57. The number of aliphatic hydroxyl groups is 1. The summed E-state index contributed by atoms with van der Waals surface area (Å²) in [7, 11) is 0. The first-order valence-electron chi connectivity index (χ1n) is 6.48.